The predicted octanol–water partition coefficient (Wildman–Crippen LogP) is 1.96. The number of hydrogen-bond acceptors (Lipinski definition) is 5. The Hall–Kier alpha value is -0.490. The van der Waals surface area contributed by atoms with Crippen molar-refractivity contribution in [1.29, 1.82) is 0 Å². The van der Waals surface area contributed by atoms with Gasteiger partial charge >= 0.3 is 0 Å². The van der Waals surface area contributed by atoms with Gasteiger partial charge in [-0.2, -0.15) is 0 Å². The molecule has 2 aliphatic rings. The van der Waals surface area contributed by atoms with Crippen LogP contribution in [0.1, 0.15) is 41.4 Å². The Morgan fingerprint density at radius 2 is 2.26 bits per heavy atom. The van der Waals surface area contributed by atoms with E-state index >= 15 is 0 Å². The third-order valence-corrected chi connectivity index (χ3v) is 5.12. The van der Waals surface area contributed by atoms with Gasteiger partial charge in [0, 0.05) is 32.6 Å². The molecule has 1 saturated heterocycles. The number of rotatable bonds is 4. The third kappa shape index (κ3) is 2.99. The van der Waals surface area contributed by atoms with Crippen molar-refractivity contribution >= 4 is 11.3 Å². The fourth-order valence-corrected chi connectivity index (χ4v) is 4.14. The van der Waals surface area contributed by atoms with Crippen molar-refractivity contribution in [2.24, 2.45) is 0 Å². The molecule has 1 aromatic heterocycles. The Bertz CT molecular complexity index is 391. The van der Waals surface area contributed by atoms with Crippen LogP contribution >= 0.6 is 11.3 Å². The zero-order valence-electron chi connectivity index (χ0n) is 11.7. The average Bonchev–Trinajstić information content (AvgIpc) is 2.89. The van der Waals surface area contributed by atoms with Crippen LogP contribution in [0.5, 0.6) is 0 Å². The van der Waals surface area contributed by atoms with Crippen molar-refractivity contribution in [2.45, 2.75) is 38.8 Å². The summed E-state index contributed by atoms with van der Waals surface area (Å²) in [6.07, 6.45) is 3.43. The summed E-state index contributed by atoms with van der Waals surface area (Å²) < 4.78 is 5.54. The first-order valence-corrected chi connectivity index (χ1v) is 8.21. The summed E-state index contributed by atoms with van der Waals surface area (Å²) in [5, 5.41) is 4.75. The van der Waals surface area contributed by atoms with E-state index in [1.54, 1.807) is 0 Å². The summed E-state index contributed by atoms with van der Waals surface area (Å²) in [5.74, 6) is 0. The number of ether oxygens (including phenoxy) is 1. The quantitative estimate of drug-likeness (QED) is 0.915. The van der Waals surface area contributed by atoms with Crippen LogP contribution in [-0.2, 0) is 17.8 Å². The fourth-order valence-electron chi connectivity index (χ4n) is 2.92. The van der Waals surface area contributed by atoms with Gasteiger partial charge in [0.15, 0.2) is 0 Å². The lowest BCUT2D eigenvalue weighted by molar-refractivity contribution is 0.112. The highest BCUT2D eigenvalue weighted by atomic mass is 32.1. The first kappa shape index (κ1) is 13.5. The van der Waals surface area contributed by atoms with Crippen molar-refractivity contribution in [3.8, 4) is 0 Å². The molecule has 1 fully saturated rings. The number of fused-ring (bicyclic) bond motifs is 1. The SMILES string of the molecule is CCCC(c1nc2c(s1)COCC2)N1CCNCC1. The highest BCUT2D eigenvalue weighted by Crippen LogP contribution is 2.33. The van der Waals surface area contributed by atoms with Crippen LogP contribution < -0.4 is 5.32 Å². The first-order valence-electron chi connectivity index (χ1n) is 7.39. The second kappa shape index (κ2) is 6.31. The number of nitrogens with zero attached hydrogens (tertiary/aromatic N) is 2. The number of hydrogen-bond donors (Lipinski definition) is 1. The van der Waals surface area contributed by atoms with Gasteiger partial charge in [0.2, 0.25) is 0 Å². The van der Waals surface area contributed by atoms with Gasteiger partial charge in [-0.15, -0.1) is 11.3 Å². The standard InChI is InChI=1S/C14H23N3OS/c1-2-3-12(17-7-5-15-6-8-17)14-16-11-4-9-18-10-13(11)19-14/h12,15H,2-10H2,1H3. The number of thiazole rings is 1. The molecule has 2 aliphatic heterocycles. The molecule has 1 aromatic rings. The van der Waals surface area contributed by atoms with E-state index in [9.17, 15) is 0 Å². The molecule has 1 atom stereocenters. The van der Waals surface area contributed by atoms with E-state index in [1.807, 2.05) is 11.3 Å². The van der Waals surface area contributed by atoms with Gasteiger partial charge in [-0.1, -0.05) is 13.3 Å². The van der Waals surface area contributed by atoms with E-state index in [2.05, 4.69) is 17.1 Å². The lowest BCUT2D eigenvalue weighted by Crippen LogP contribution is -2.45. The molecule has 0 amide bonds. The summed E-state index contributed by atoms with van der Waals surface area (Å²) in [6.45, 7) is 8.38. The summed E-state index contributed by atoms with van der Waals surface area (Å²) >= 11 is 1.88. The molecule has 4 nitrogen and oxygen atoms in total. The van der Waals surface area contributed by atoms with Crippen molar-refractivity contribution in [1.82, 2.24) is 15.2 Å². The minimum atomic E-state index is 0.516. The second-order valence-corrected chi connectivity index (χ2v) is 6.43. The number of piperazine rings is 1. The molecule has 0 spiro atoms. The molecule has 0 bridgehead atoms. The summed E-state index contributed by atoms with van der Waals surface area (Å²) in [6, 6.07) is 0.516. The van der Waals surface area contributed by atoms with Gasteiger partial charge in [0.25, 0.3) is 0 Å². The number of aromatic nitrogens is 1. The van der Waals surface area contributed by atoms with Crippen LogP contribution in [0.15, 0.2) is 0 Å². The lowest BCUT2D eigenvalue weighted by Gasteiger charge is -2.33. The molecule has 1 unspecified atom stereocenters. The van der Waals surface area contributed by atoms with Crippen molar-refractivity contribution in [3.05, 3.63) is 15.6 Å². The molecule has 0 aliphatic carbocycles. The number of nitrogens with one attached hydrogen (secondary N) is 1. The Labute approximate surface area is 119 Å². The molecule has 1 N–H and O–H groups in total. The molecule has 0 saturated carbocycles. The van der Waals surface area contributed by atoms with Crippen LogP contribution in [-0.4, -0.2) is 42.7 Å². The van der Waals surface area contributed by atoms with Crippen LogP contribution in [0.4, 0.5) is 0 Å². The van der Waals surface area contributed by atoms with Crippen LogP contribution in [0, 0.1) is 0 Å². The maximum absolute atomic E-state index is 5.54. The topological polar surface area (TPSA) is 37.4 Å². The van der Waals surface area contributed by atoms with Crippen LogP contribution in [0.25, 0.3) is 0 Å². The highest BCUT2D eigenvalue weighted by molar-refractivity contribution is 7.11. The van der Waals surface area contributed by atoms with Crippen molar-refractivity contribution in [2.75, 3.05) is 32.8 Å². The third-order valence-electron chi connectivity index (χ3n) is 3.95. The lowest BCUT2D eigenvalue weighted by atomic mass is 10.1. The Balaban J connectivity index is 1.80. The smallest absolute Gasteiger partial charge is 0.110 e. The highest BCUT2D eigenvalue weighted by Gasteiger charge is 2.26. The van der Waals surface area contributed by atoms with E-state index in [-0.39, 0.29) is 0 Å². The summed E-state index contributed by atoms with van der Waals surface area (Å²) in [5.41, 5.74) is 1.29. The zero-order valence-corrected chi connectivity index (χ0v) is 12.5. The van der Waals surface area contributed by atoms with E-state index in [0.717, 1.165) is 45.8 Å². The largest absolute Gasteiger partial charge is 0.375 e. The van der Waals surface area contributed by atoms with E-state index in [4.69, 9.17) is 9.72 Å². The van der Waals surface area contributed by atoms with Crippen LogP contribution in [0.2, 0.25) is 0 Å². The molecule has 3 rings (SSSR count). The monoisotopic (exact) mass is 281 g/mol. The van der Waals surface area contributed by atoms with Crippen molar-refractivity contribution < 1.29 is 4.74 Å². The molecule has 3 heterocycles. The van der Waals surface area contributed by atoms with E-state index < -0.39 is 0 Å². The molecular formula is C14H23N3OS. The average molecular weight is 281 g/mol. The molecule has 5 heteroatoms. The molecule has 106 valence electrons. The van der Waals surface area contributed by atoms with E-state index in [1.165, 1.54) is 28.4 Å². The van der Waals surface area contributed by atoms with Gasteiger partial charge in [-0.05, 0) is 6.42 Å². The summed E-state index contributed by atoms with van der Waals surface area (Å²) in [4.78, 5) is 8.88. The predicted molar refractivity (Wildman–Crippen MR) is 77.6 cm³/mol. The Kier molecular flexibility index (Phi) is 4.48. The van der Waals surface area contributed by atoms with Gasteiger partial charge in [-0.3, -0.25) is 4.90 Å². The molecular weight excluding hydrogens is 258 g/mol. The Morgan fingerprint density at radius 3 is 3.00 bits per heavy atom. The minimum Gasteiger partial charge on any atom is -0.375 e. The minimum absolute atomic E-state index is 0.516. The van der Waals surface area contributed by atoms with Gasteiger partial charge in [0.1, 0.15) is 5.01 Å². The van der Waals surface area contributed by atoms with Gasteiger partial charge < -0.3 is 10.1 Å². The first-order chi connectivity index (χ1) is 9.38. The Morgan fingerprint density at radius 1 is 1.42 bits per heavy atom. The normalized spacial score (nSPS) is 22.2. The molecule has 0 aromatic carbocycles. The zero-order chi connectivity index (χ0) is 13.1. The van der Waals surface area contributed by atoms with Gasteiger partial charge in [-0.25, -0.2) is 4.98 Å². The van der Waals surface area contributed by atoms with Crippen LogP contribution in [0.3, 0.4) is 0 Å². The van der Waals surface area contributed by atoms with E-state index in [0.29, 0.717) is 6.04 Å². The molecule has 0 radical (unpaired) electrons. The molecule has 19 heavy (non-hydrogen) atoms. The fraction of sp³-hybridized carbons (Fsp3) is 0.786. The second-order valence-electron chi connectivity index (χ2n) is 5.32. The summed E-state index contributed by atoms with van der Waals surface area (Å²) in [7, 11) is 0. The van der Waals surface area contributed by atoms with Crippen molar-refractivity contribution in [3.63, 3.8) is 0 Å². The van der Waals surface area contributed by atoms with Gasteiger partial charge in [0.05, 0.1) is 29.8 Å². The maximum atomic E-state index is 5.54. The maximum Gasteiger partial charge on any atom is 0.110 e.